The Hall–Kier alpha value is -2.55. The van der Waals surface area contributed by atoms with Crippen molar-refractivity contribution in [2.75, 3.05) is 47.5 Å². The first kappa shape index (κ1) is 71.5. The van der Waals surface area contributed by atoms with Crippen LogP contribution in [0.2, 0.25) is 0 Å². The molecule has 0 aliphatic heterocycles. The van der Waals surface area contributed by atoms with Gasteiger partial charge >= 0.3 is 11.9 Å². The molecule has 74 heavy (non-hydrogen) atoms. The van der Waals surface area contributed by atoms with Gasteiger partial charge in [-0.3, -0.25) is 14.2 Å². The normalized spacial score (nSPS) is 13.8. The topological polar surface area (TPSA) is 111 Å². The summed E-state index contributed by atoms with van der Waals surface area (Å²) in [6.07, 6.45) is 72.3. The average molecular weight is 1060 g/mol. The van der Waals surface area contributed by atoms with Crippen molar-refractivity contribution in [3.63, 3.8) is 0 Å². The Morgan fingerprint density at radius 2 is 0.730 bits per heavy atom. The van der Waals surface area contributed by atoms with E-state index in [0.29, 0.717) is 23.9 Å². The Morgan fingerprint density at radius 1 is 0.419 bits per heavy atom. The number of carbonyl (C=O) groups excluding carboxylic acids is 2. The third-order valence-corrected chi connectivity index (χ3v) is 14.2. The molecule has 430 valence electrons. The van der Waals surface area contributed by atoms with Crippen LogP contribution in [0.4, 0.5) is 0 Å². The predicted molar refractivity (Wildman–Crippen MR) is 314 cm³/mol. The molecule has 9 nitrogen and oxygen atoms in total. The van der Waals surface area contributed by atoms with Gasteiger partial charge in [-0.05, 0) is 89.9 Å². The van der Waals surface area contributed by atoms with Crippen molar-refractivity contribution >= 4 is 19.8 Å². The minimum atomic E-state index is -4.64. The monoisotopic (exact) mass is 1060 g/mol. The highest BCUT2D eigenvalue weighted by Gasteiger charge is 2.22. The summed E-state index contributed by atoms with van der Waals surface area (Å²) in [7, 11) is 1.16. The number of rotatable bonds is 56. The van der Waals surface area contributed by atoms with Crippen LogP contribution < -0.4 is 4.89 Å². The molecule has 0 spiro atoms. The molecule has 0 saturated heterocycles. The van der Waals surface area contributed by atoms with E-state index in [1.54, 1.807) is 0 Å². The summed E-state index contributed by atoms with van der Waals surface area (Å²) in [4.78, 5) is 37.9. The number of quaternary nitrogens is 1. The quantitative estimate of drug-likeness (QED) is 0.0195. The molecule has 0 aliphatic rings. The van der Waals surface area contributed by atoms with Crippen molar-refractivity contribution in [2.45, 2.75) is 277 Å². The minimum absolute atomic E-state index is 0.0354. The van der Waals surface area contributed by atoms with Crippen molar-refractivity contribution in [3.8, 4) is 0 Å². The summed E-state index contributed by atoms with van der Waals surface area (Å²) in [6.45, 7) is 4.22. The van der Waals surface area contributed by atoms with Gasteiger partial charge in [0.05, 0.1) is 27.7 Å². The molecule has 2 atom stereocenters. The number of unbranched alkanes of at least 4 members (excludes halogenated alkanes) is 30. The zero-order chi connectivity index (χ0) is 54.2. The Balaban J connectivity index is 4.15. The molecule has 0 aliphatic carbocycles. The number of hydrogen-bond acceptors (Lipinski definition) is 8. The number of phosphoric ester groups is 1. The smallest absolute Gasteiger partial charge is 0.306 e. The molecule has 0 aromatic rings. The first-order chi connectivity index (χ1) is 36.0. The second-order valence-corrected chi connectivity index (χ2v) is 23.1. The summed E-state index contributed by atoms with van der Waals surface area (Å²) >= 11 is 0. The van der Waals surface area contributed by atoms with Gasteiger partial charge in [0.2, 0.25) is 0 Å². The number of ether oxygens (including phenoxy) is 2. The second-order valence-electron chi connectivity index (χ2n) is 21.7. The van der Waals surface area contributed by atoms with Crippen molar-refractivity contribution in [3.05, 3.63) is 72.9 Å². The van der Waals surface area contributed by atoms with Gasteiger partial charge in [-0.15, -0.1) is 0 Å². The molecular formula is C64H116NO8P. The fourth-order valence-corrected chi connectivity index (χ4v) is 9.16. The third-order valence-electron chi connectivity index (χ3n) is 13.2. The van der Waals surface area contributed by atoms with E-state index in [1.165, 1.54) is 161 Å². The molecule has 0 bridgehead atoms. The maximum Gasteiger partial charge on any atom is 0.306 e. The molecule has 0 rings (SSSR count). The van der Waals surface area contributed by atoms with E-state index in [4.69, 9.17) is 18.5 Å². The average Bonchev–Trinajstić information content (AvgIpc) is 3.36. The molecule has 2 unspecified atom stereocenters. The van der Waals surface area contributed by atoms with Gasteiger partial charge in [0.15, 0.2) is 6.10 Å². The lowest BCUT2D eigenvalue weighted by molar-refractivity contribution is -0.870. The van der Waals surface area contributed by atoms with Gasteiger partial charge in [-0.1, -0.05) is 241 Å². The lowest BCUT2D eigenvalue weighted by Crippen LogP contribution is -2.37. The van der Waals surface area contributed by atoms with Crippen molar-refractivity contribution in [1.29, 1.82) is 0 Å². The fraction of sp³-hybridized carbons (Fsp3) is 0.781. The van der Waals surface area contributed by atoms with E-state index in [-0.39, 0.29) is 26.1 Å². The van der Waals surface area contributed by atoms with Crippen molar-refractivity contribution in [1.82, 2.24) is 0 Å². The zero-order valence-corrected chi connectivity index (χ0v) is 49.7. The van der Waals surface area contributed by atoms with Crippen LogP contribution in [-0.2, 0) is 32.7 Å². The highest BCUT2D eigenvalue weighted by Crippen LogP contribution is 2.38. The van der Waals surface area contributed by atoms with Crippen LogP contribution >= 0.6 is 7.82 Å². The Bertz CT molecular complexity index is 1480. The maximum absolute atomic E-state index is 12.8. The van der Waals surface area contributed by atoms with Crippen LogP contribution in [0.1, 0.15) is 271 Å². The summed E-state index contributed by atoms with van der Waals surface area (Å²) in [5.41, 5.74) is 0. The molecule has 0 heterocycles. The molecule has 0 fully saturated rings. The van der Waals surface area contributed by atoms with Crippen molar-refractivity contribution in [2.24, 2.45) is 0 Å². The molecule has 0 N–H and O–H groups in total. The second kappa shape index (κ2) is 55.2. The van der Waals surface area contributed by atoms with E-state index in [0.717, 1.165) is 70.6 Å². The van der Waals surface area contributed by atoms with Crippen LogP contribution in [0.5, 0.6) is 0 Å². The summed E-state index contributed by atoms with van der Waals surface area (Å²) < 4.78 is 34.2. The van der Waals surface area contributed by atoms with Crippen LogP contribution in [0, 0.1) is 0 Å². The number of hydrogen-bond donors (Lipinski definition) is 0. The van der Waals surface area contributed by atoms with E-state index in [2.05, 4.69) is 86.8 Å². The summed E-state index contributed by atoms with van der Waals surface area (Å²) in [5.74, 6) is -0.844. The lowest BCUT2D eigenvalue weighted by Gasteiger charge is -2.28. The van der Waals surface area contributed by atoms with Gasteiger partial charge in [-0.2, -0.15) is 0 Å². The first-order valence-corrected chi connectivity index (χ1v) is 32.1. The van der Waals surface area contributed by atoms with Gasteiger partial charge in [0.1, 0.15) is 19.8 Å². The Kier molecular flexibility index (Phi) is 53.3. The molecule has 0 amide bonds. The van der Waals surface area contributed by atoms with Crippen LogP contribution in [0.3, 0.4) is 0 Å². The number of allylic oxidation sites excluding steroid dienone is 12. The molecule has 0 saturated carbocycles. The number of likely N-dealkylation sites (N-methyl/N-ethyl adjacent to an activating group) is 1. The zero-order valence-electron chi connectivity index (χ0n) is 48.8. The standard InChI is InChI=1S/C64H116NO8P/c1-6-8-10-12-14-16-18-20-22-24-26-28-29-30-31-32-33-34-35-37-39-41-43-45-47-49-51-53-55-57-64(67)73-62(61-72-74(68,69)71-59-58-65(3,4)5)60-70-63(66)56-54-52-50-48-46-44-42-40-38-36-27-25-23-21-19-17-15-13-11-9-7-2/h18-21,24-27,29-30,38,40,62H,6-17,22-23,28,31-37,39,41-61H2,1-5H3/b20-18-,21-19-,26-24-,27-25-,30-29-,40-38-. The highest BCUT2D eigenvalue weighted by molar-refractivity contribution is 7.45. The van der Waals surface area contributed by atoms with Gasteiger partial charge in [0.25, 0.3) is 7.82 Å². The number of phosphoric acid groups is 1. The molecule has 0 aromatic carbocycles. The van der Waals surface area contributed by atoms with E-state index < -0.39 is 32.5 Å². The van der Waals surface area contributed by atoms with Crippen molar-refractivity contribution < 1.29 is 42.1 Å². The summed E-state index contributed by atoms with van der Waals surface area (Å²) in [6, 6.07) is 0. The predicted octanol–water partition coefficient (Wildman–Crippen LogP) is 18.6. The number of carbonyl (C=O) groups is 2. The largest absolute Gasteiger partial charge is 0.756 e. The van der Waals surface area contributed by atoms with Gasteiger partial charge in [-0.25, -0.2) is 0 Å². The SMILES string of the molecule is CCCCCCC/C=C\C/C=C\C/C=C\CCCCCCCCCCCCCCCCC(=O)OC(COC(=O)CCCCCCCC/C=C\C/C=C\C/C=C\CCCCCCC)COP(=O)([O-])OCC[N+](C)(C)C. The molecular weight excluding hydrogens is 942 g/mol. The summed E-state index contributed by atoms with van der Waals surface area (Å²) in [5, 5.41) is 0. The number of esters is 2. The Morgan fingerprint density at radius 3 is 1.08 bits per heavy atom. The minimum Gasteiger partial charge on any atom is -0.756 e. The molecule has 10 heteroatoms. The lowest BCUT2D eigenvalue weighted by atomic mass is 10.0. The first-order valence-electron chi connectivity index (χ1n) is 30.6. The van der Waals surface area contributed by atoms with Crippen LogP contribution in [-0.4, -0.2) is 70.0 Å². The van der Waals surface area contributed by atoms with E-state index in [1.807, 2.05) is 21.1 Å². The number of nitrogens with zero attached hydrogens (tertiary/aromatic N) is 1. The molecule has 0 radical (unpaired) electrons. The van der Waals surface area contributed by atoms with E-state index >= 15 is 0 Å². The van der Waals surface area contributed by atoms with Gasteiger partial charge in [0, 0.05) is 12.8 Å². The van der Waals surface area contributed by atoms with Crippen LogP contribution in [0.15, 0.2) is 72.9 Å². The maximum atomic E-state index is 12.8. The third kappa shape index (κ3) is 58.7. The Labute approximate surface area is 457 Å². The van der Waals surface area contributed by atoms with Gasteiger partial charge < -0.3 is 27.9 Å². The van der Waals surface area contributed by atoms with E-state index in [9.17, 15) is 19.0 Å². The highest BCUT2D eigenvalue weighted by atomic mass is 31.2. The fourth-order valence-electron chi connectivity index (χ4n) is 8.44. The molecule has 0 aromatic heterocycles. The van der Waals surface area contributed by atoms with Crippen LogP contribution in [0.25, 0.3) is 0 Å².